The highest BCUT2D eigenvalue weighted by molar-refractivity contribution is 5.85. The smallest absolute Gasteiger partial charge is 0.233 e. The predicted octanol–water partition coefficient (Wildman–Crippen LogP) is 1.39. The molecular weight excluding hydrogens is 242 g/mol. The van der Waals surface area contributed by atoms with Gasteiger partial charge >= 0.3 is 0 Å². The Kier molecular flexibility index (Phi) is 3.42. The van der Waals surface area contributed by atoms with E-state index >= 15 is 0 Å². The number of aliphatic hydroxyl groups is 1. The Bertz CT molecular complexity index is 474. The maximum atomic E-state index is 12.6. The van der Waals surface area contributed by atoms with Crippen LogP contribution in [0.5, 0.6) is 5.75 Å². The summed E-state index contributed by atoms with van der Waals surface area (Å²) in [5.74, 6) is 1.03. The molecule has 2 aliphatic rings. The first-order chi connectivity index (χ1) is 9.29. The summed E-state index contributed by atoms with van der Waals surface area (Å²) in [6.45, 7) is 2.09. The number of ether oxygens (including phenoxy) is 1. The molecule has 1 aromatic carbocycles. The number of likely N-dealkylation sites (tertiary alicyclic amines) is 1. The third-order valence-electron chi connectivity index (χ3n) is 4.09. The summed E-state index contributed by atoms with van der Waals surface area (Å²) >= 11 is 0. The molecule has 1 N–H and O–H groups in total. The minimum atomic E-state index is -0.173. The Balaban J connectivity index is 1.75. The highest BCUT2D eigenvalue weighted by Crippen LogP contribution is 2.35. The zero-order valence-electron chi connectivity index (χ0n) is 10.9. The number of piperidine rings is 1. The van der Waals surface area contributed by atoms with Gasteiger partial charge in [0.1, 0.15) is 18.3 Å². The summed E-state index contributed by atoms with van der Waals surface area (Å²) in [7, 11) is 0. The third kappa shape index (κ3) is 2.32. The minimum Gasteiger partial charge on any atom is -0.492 e. The normalized spacial score (nSPS) is 25.8. The van der Waals surface area contributed by atoms with E-state index < -0.39 is 0 Å². The number of carbonyl (C=O) groups excluding carboxylic acids is 1. The van der Waals surface area contributed by atoms with Crippen LogP contribution in [0.3, 0.4) is 0 Å². The number of aliphatic hydroxyl groups excluding tert-OH is 1. The van der Waals surface area contributed by atoms with Crippen LogP contribution < -0.4 is 4.74 Å². The van der Waals surface area contributed by atoms with Gasteiger partial charge in [0.05, 0.1) is 0 Å². The van der Waals surface area contributed by atoms with Crippen LogP contribution in [0.2, 0.25) is 0 Å². The Hall–Kier alpha value is -1.55. The van der Waals surface area contributed by atoms with Gasteiger partial charge in [-0.05, 0) is 24.8 Å². The molecule has 1 amide bonds. The first-order valence-electron chi connectivity index (χ1n) is 6.91. The monoisotopic (exact) mass is 261 g/mol. The van der Waals surface area contributed by atoms with Crippen LogP contribution in [0, 0.1) is 5.92 Å². The van der Waals surface area contributed by atoms with Crippen LogP contribution in [0.1, 0.15) is 24.3 Å². The number of carbonyl (C=O) groups is 1. The fourth-order valence-corrected chi connectivity index (χ4v) is 3.00. The zero-order valence-corrected chi connectivity index (χ0v) is 10.9. The molecule has 2 atom stereocenters. The average Bonchev–Trinajstić information content (AvgIpc) is 2.90. The van der Waals surface area contributed by atoms with E-state index in [1.165, 1.54) is 0 Å². The number of fused-ring (bicyclic) bond motifs is 1. The van der Waals surface area contributed by atoms with Crippen LogP contribution in [0.4, 0.5) is 0 Å². The second-order valence-electron chi connectivity index (χ2n) is 5.38. The van der Waals surface area contributed by atoms with E-state index in [1.807, 2.05) is 29.2 Å². The van der Waals surface area contributed by atoms with Crippen LogP contribution in [-0.2, 0) is 4.79 Å². The van der Waals surface area contributed by atoms with E-state index in [2.05, 4.69) is 0 Å². The molecule has 4 heteroatoms. The second kappa shape index (κ2) is 5.21. The number of nitrogens with zero attached hydrogens (tertiary/aromatic N) is 1. The van der Waals surface area contributed by atoms with Gasteiger partial charge in [-0.15, -0.1) is 0 Å². The number of hydrogen-bond donors (Lipinski definition) is 1. The van der Waals surface area contributed by atoms with Crippen LogP contribution >= 0.6 is 0 Å². The Morgan fingerprint density at radius 2 is 2.26 bits per heavy atom. The van der Waals surface area contributed by atoms with Crippen molar-refractivity contribution < 1.29 is 14.6 Å². The number of para-hydroxylation sites is 1. The van der Waals surface area contributed by atoms with E-state index in [0.29, 0.717) is 13.2 Å². The number of hydrogen-bond acceptors (Lipinski definition) is 3. The van der Waals surface area contributed by atoms with E-state index in [1.54, 1.807) is 0 Å². The maximum Gasteiger partial charge on any atom is 0.233 e. The Morgan fingerprint density at radius 1 is 1.42 bits per heavy atom. The molecule has 1 saturated heterocycles. The summed E-state index contributed by atoms with van der Waals surface area (Å²) in [5.41, 5.74) is 0.999. The fraction of sp³-hybridized carbons (Fsp3) is 0.533. The lowest BCUT2D eigenvalue weighted by molar-refractivity contribution is -0.135. The molecule has 19 heavy (non-hydrogen) atoms. The lowest BCUT2D eigenvalue weighted by Gasteiger charge is -2.33. The van der Waals surface area contributed by atoms with E-state index in [9.17, 15) is 9.90 Å². The minimum absolute atomic E-state index is 0.142. The summed E-state index contributed by atoms with van der Waals surface area (Å²) in [5, 5.41) is 9.25. The molecule has 0 radical (unpaired) electrons. The van der Waals surface area contributed by atoms with Crippen molar-refractivity contribution in [3.05, 3.63) is 29.8 Å². The van der Waals surface area contributed by atoms with E-state index in [-0.39, 0.29) is 24.3 Å². The highest BCUT2D eigenvalue weighted by Gasteiger charge is 2.34. The number of benzene rings is 1. The quantitative estimate of drug-likeness (QED) is 0.875. The molecule has 2 aliphatic heterocycles. The van der Waals surface area contributed by atoms with Crippen molar-refractivity contribution in [2.45, 2.75) is 18.8 Å². The van der Waals surface area contributed by atoms with Crippen LogP contribution in [-0.4, -0.2) is 42.2 Å². The number of amides is 1. The van der Waals surface area contributed by atoms with Crippen LogP contribution in [0.25, 0.3) is 0 Å². The third-order valence-corrected chi connectivity index (χ3v) is 4.09. The van der Waals surface area contributed by atoms with E-state index in [4.69, 9.17) is 4.74 Å². The molecule has 1 aromatic rings. The molecule has 1 fully saturated rings. The van der Waals surface area contributed by atoms with Gasteiger partial charge in [0, 0.05) is 25.3 Å². The van der Waals surface area contributed by atoms with Gasteiger partial charge < -0.3 is 14.7 Å². The molecule has 0 bridgehead atoms. The van der Waals surface area contributed by atoms with Crippen molar-refractivity contribution in [2.24, 2.45) is 5.92 Å². The lowest BCUT2D eigenvalue weighted by atomic mass is 9.95. The van der Waals surface area contributed by atoms with Gasteiger partial charge in [-0.1, -0.05) is 18.2 Å². The lowest BCUT2D eigenvalue weighted by Crippen LogP contribution is -2.43. The van der Waals surface area contributed by atoms with Gasteiger partial charge in [-0.3, -0.25) is 4.79 Å². The molecule has 0 spiro atoms. The standard InChI is InChI=1S/C15H19NO3/c17-9-11-4-3-7-16(8-11)15(18)13-10-19-14-6-2-1-5-12(13)14/h1-2,5-6,11,13,17H,3-4,7-10H2. The molecule has 102 valence electrons. The molecule has 4 nitrogen and oxygen atoms in total. The topological polar surface area (TPSA) is 49.8 Å². The summed E-state index contributed by atoms with van der Waals surface area (Å²) in [6, 6.07) is 7.75. The SMILES string of the molecule is O=C(C1COc2ccccc21)N1CCCC(CO)C1. The van der Waals surface area contributed by atoms with Gasteiger partial charge in [-0.2, -0.15) is 0 Å². The van der Waals surface area contributed by atoms with Gasteiger partial charge in [0.2, 0.25) is 5.91 Å². The summed E-state index contributed by atoms with van der Waals surface area (Å²) in [4.78, 5) is 14.5. The summed E-state index contributed by atoms with van der Waals surface area (Å²) < 4.78 is 5.58. The summed E-state index contributed by atoms with van der Waals surface area (Å²) in [6.07, 6.45) is 1.99. The molecule has 0 aromatic heterocycles. The maximum absolute atomic E-state index is 12.6. The van der Waals surface area contributed by atoms with Crippen molar-refractivity contribution in [3.8, 4) is 5.75 Å². The average molecular weight is 261 g/mol. The molecule has 2 heterocycles. The first kappa shape index (κ1) is 12.5. The van der Waals surface area contributed by atoms with Crippen molar-refractivity contribution in [1.82, 2.24) is 4.90 Å². The fourth-order valence-electron chi connectivity index (χ4n) is 3.00. The molecule has 0 aliphatic carbocycles. The largest absolute Gasteiger partial charge is 0.492 e. The van der Waals surface area contributed by atoms with Crippen molar-refractivity contribution in [1.29, 1.82) is 0 Å². The van der Waals surface area contributed by atoms with E-state index in [0.717, 1.165) is 30.7 Å². The van der Waals surface area contributed by atoms with Gasteiger partial charge in [0.15, 0.2) is 0 Å². The number of rotatable bonds is 2. The second-order valence-corrected chi connectivity index (χ2v) is 5.38. The Labute approximate surface area is 113 Å². The van der Waals surface area contributed by atoms with Gasteiger partial charge in [0.25, 0.3) is 0 Å². The highest BCUT2D eigenvalue weighted by atomic mass is 16.5. The zero-order chi connectivity index (χ0) is 13.2. The molecular formula is C15H19NO3. The molecule has 3 rings (SSSR count). The van der Waals surface area contributed by atoms with Crippen molar-refractivity contribution >= 4 is 5.91 Å². The molecule has 0 saturated carbocycles. The van der Waals surface area contributed by atoms with Crippen LogP contribution in [0.15, 0.2) is 24.3 Å². The predicted molar refractivity (Wildman–Crippen MR) is 71.1 cm³/mol. The van der Waals surface area contributed by atoms with Gasteiger partial charge in [-0.25, -0.2) is 0 Å². The van der Waals surface area contributed by atoms with Crippen molar-refractivity contribution in [2.75, 3.05) is 26.3 Å². The molecule has 2 unspecified atom stereocenters. The first-order valence-corrected chi connectivity index (χ1v) is 6.91. The van der Waals surface area contributed by atoms with Crippen molar-refractivity contribution in [3.63, 3.8) is 0 Å². The Morgan fingerprint density at radius 3 is 3.11 bits per heavy atom.